The van der Waals surface area contributed by atoms with E-state index in [-0.39, 0.29) is 0 Å². The summed E-state index contributed by atoms with van der Waals surface area (Å²) < 4.78 is 5.60. The predicted molar refractivity (Wildman–Crippen MR) is 46.8 cm³/mol. The minimum absolute atomic E-state index is 1.01. The van der Waals surface area contributed by atoms with Crippen LogP contribution in [0.5, 0.6) is 0 Å². The van der Waals surface area contributed by atoms with Crippen molar-refractivity contribution in [3.05, 3.63) is 23.2 Å². The van der Waals surface area contributed by atoms with Crippen LogP contribution in [0.3, 0.4) is 0 Å². The fraction of sp³-hybridized carbons (Fsp3) is 0.600. The van der Waals surface area contributed by atoms with E-state index in [1.54, 1.807) is 0 Å². The van der Waals surface area contributed by atoms with Gasteiger partial charge < -0.3 is 4.42 Å². The minimum atomic E-state index is 1.01. The third kappa shape index (κ3) is 1.65. The van der Waals surface area contributed by atoms with E-state index in [0.717, 1.165) is 25.0 Å². The summed E-state index contributed by atoms with van der Waals surface area (Å²) in [6.07, 6.45) is 3.11. The summed E-state index contributed by atoms with van der Waals surface area (Å²) in [5, 5.41) is 0. The Morgan fingerprint density at radius 1 is 1.09 bits per heavy atom. The molecule has 0 spiro atoms. The van der Waals surface area contributed by atoms with Crippen molar-refractivity contribution in [1.29, 1.82) is 0 Å². The summed E-state index contributed by atoms with van der Waals surface area (Å²) in [4.78, 5) is 0. The lowest BCUT2D eigenvalue weighted by Crippen LogP contribution is -1.81. The van der Waals surface area contributed by atoms with Crippen molar-refractivity contribution in [1.82, 2.24) is 0 Å². The van der Waals surface area contributed by atoms with E-state index in [4.69, 9.17) is 4.42 Å². The molecule has 1 heterocycles. The van der Waals surface area contributed by atoms with E-state index >= 15 is 0 Å². The minimum Gasteiger partial charge on any atom is -0.466 e. The maximum Gasteiger partial charge on any atom is 0.107 e. The number of rotatable bonds is 3. The van der Waals surface area contributed by atoms with E-state index in [0.29, 0.717) is 0 Å². The van der Waals surface area contributed by atoms with Crippen molar-refractivity contribution in [2.45, 2.75) is 40.0 Å². The molecule has 0 unspecified atom stereocenters. The Hall–Kier alpha value is -0.720. The van der Waals surface area contributed by atoms with Crippen LogP contribution in [-0.2, 0) is 19.3 Å². The van der Waals surface area contributed by atoms with Gasteiger partial charge in [0.05, 0.1) is 0 Å². The molecular weight excluding hydrogens is 136 g/mol. The molecule has 0 N–H and O–H groups in total. The van der Waals surface area contributed by atoms with E-state index in [9.17, 15) is 0 Å². The Morgan fingerprint density at radius 2 is 1.82 bits per heavy atom. The zero-order chi connectivity index (χ0) is 8.27. The topological polar surface area (TPSA) is 13.1 Å². The Labute approximate surface area is 68.4 Å². The van der Waals surface area contributed by atoms with Crippen molar-refractivity contribution in [3.8, 4) is 0 Å². The molecule has 0 saturated carbocycles. The molecule has 0 aliphatic rings. The van der Waals surface area contributed by atoms with Crippen LogP contribution in [0.2, 0.25) is 0 Å². The lowest BCUT2D eigenvalue weighted by molar-refractivity contribution is 0.471. The van der Waals surface area contributed by atoms with Crippen LogP contribution in [0.1, 0.15) is 37.9 Å². The molecule has 0 aliphatic carbocycles. The van der Waals surface area contributed by atoms with E-state index in [2.05, 4.69) is 26.8 Å². The highest BCUT2D eigenvalue weighted by Crippen LogP contribution is 2.16. The molecule has 1 aromatic rings. The smallest absolute Gasteiger partial charge is 0.107 e. The highest BCUT2D eigenvalue weighted by atomic mass is 16.3. The van der Waals surface area contributed by atoms with E-state index in [1.165, 1.54) is 11.3 Å². The van der Waals surface area contributed by atoms with Gasteiger partial charge in [-0.05, 0) is 18.1 Å². The fourth-order valence-corrected chi connectivity index (χ4v) is 1.30. The van der Waals surface area contributed by atoms with Gasteiger partial charge >= 0.3 is 0 Å². The summed E-state index contributed by atoms with van der Waals surface area (Å²) in [7, 11) is 0. The predicted octanol–water partition coefficient (Wildman–Crippen LogP) is 2.97. The molecule has 0 bridgehead atoms. The molecule has 1 heteroatoms. The molecule has 0 saturated heterocycles. The van der Waals surface area contributed by atoms with Crippen LogP contribution in [0.25, 0.3) is 0 Å². The molecule has 1 rings (SSSR count). The Bertz CT molecular complexity index is 201. The maximum atomic E-state index is 5.60. The standard InChI is InChI=1S/C10H16O/c1-4-8-7-9(5-2)11-10(8)6-3/h7H,4-6H2,1-3H3. The van der Waals surface area contributed by atoms with Gasteiger partial charge in [-0.1, -0.05) is 20.8 Å². The Kier molecular flexibility index (Phi) is 2.75. The van der Waals surface area contributed by atoms with Crippen LogP contribution in [-0.4, -0.2) is 0 Å². The molecule has 0 fully saturated rings. The first-order chi connectivity index (χ1) is 5.31. The second-order valence-corrected chi connectivity index (χ2v) is 2.72. The summed E-state index contributed by atoms with van der Waals surface area (Å²) in [6.45, 7) is 6.43. The van der Waals surface area contributed by atoms with Gasteiger partial charge in [0.2, 0.25) is 0 Å². The van der Waals surface area contributed by atoms with Gasteiger partial charge in [-0.25, -0.2) is 0 Å². The lowest BCUT2D eigenvalue weighted by atomic mass is 10.1. The van der Waals surface area contributed by atoms with Crippen molar-refractivity contribution >= 4 is 0 Å². The van der Waals surface area contributed by atoms with Crippen LogP contribution in [0, 0.1) is 0 Å². The van der Waals surface area contributed by atoms with Crippen LogP contribution in [0.4, 0.5) is 0 Å². The van der Waals surface area contributed by atoms with Gasteiger partial charge in [-0.2, -0.15) is 0 Å². The monoisotopic (exact) mass is 152 g/mol. The molecule has 0 aliphatic heterocycles. The number of hydrogen-bond acceptors (Lipinski definition) is 1. The van der Waals surface area contributed by atoms with Gasteiger partial charge in [0.15, 0.2) is 0 Å². The molecule has 62 valence electrons. The molecular formula is C10H16O. The summed E-state index contributed by atoms with van der Waals surface area (Å²) in [6, 6.07) is 2.18. The van der Waals surface area contributed by atoms with Gasteiger partial charge in [-0.3, -0.25) is 0 Å². The highest BCUT2D eigenvalue weighted by Gasteiger charge is 2.05. The van der Waals surface area contributed by atoms with Gasteiger partial charge in [0.1, 0.15) is 11.5 Å². The zero-order valence-corrected chi connectivity index (χ0v) is 7.61. The largest absolute Gasteiger partial charge is 0.466 e. The quantitative estimate of drug-likeness (QED) is 0.649. The van der Waals surface area contributed by atoms with E-state index < -0.39 is 0 Å². The molecule has 0 atom stereocenters. The molecule has 0 radical (unpaired) electrons. The Balaban J connectivity index is 2.92. The summed E-state index contributed by atoms with van der Waals surface area (Å²) >= 11 is 0. The molecule has 1 aromatic heterocycles. The fourth-order valence-electron chi connectivity index (χ4n) is 1.30. The highest BCUT2D eigenvalue weighted by molar-refractivity contribution is 5.21. The average Bonchev–Trinajstić information content (AvgIpc) is 2.46. The van der Waals surface area contributed by atoms with Gasteiger partial charge in [-0.15, -0.1) is 0 Å². The first-order valence-corrected chi connectivity index (χ1v) is 4.42. The zero-order valence-electron chi connectivity index (χ0n) is 7.61. The van der Waals surface area contributed by atoms with Crippen LogP contribution < -0.4 is 0 Å². The summed E-state index contributed by atoms with van der Waals surface area (Å²) in [5.74, 6) is 2.29. The third-order valence-corrected chi connectivity index (χ3v) is 2.00. The van der Waals surface area contributed by atoms with Gasteiger partial charge in [0, 0.05) is 12.8 Å². The molecule has 11 heavy (non-hydrogen) atoms. The number of aryl methyl sites for hydroxylation is 3. The van der Waals surface area contributed by atoms with Crippen molar-refractivity contribution in [2.75, 3.05) is 0 Å². The first-order valence-electron chi connectivity index (χ1n) is 4.42. The molecule has 1 nitrogen and oxygen atoms in total. The van der Waals surface area contributed by atoms with Crippen LogP contribution >= 0.6 is 0 Å². The van der Waals surface area contributed by atoms with Crippen molar-refractivity contribution in [3.63, 3.8) is 0 Å². The molecule has 0 amide bonds. The van der Waals surface area contributed by atoms with Crippen molar-refractivity contribution < 1.29 is 4.42 Å². The number of furan rings is 1. The van der Waals surface area contributed by atoms with Gasteiger partial charge in [0.25, 0.3) is 0 Å². The van der Waals surface area contributed by atoms with E-state index in [1.807, 2.05) is 0 Å². The number of hydrogen-bond donors (Lipinski definition) is 0. The normalized spacial score (nSPS) is 10.5. The van der Waals surface area contributed by atoms with Crippen molar-refractivity contribution in [2.24, 2.45) is 0 Å². The van der Waals surface area contributed by atoms with Crippen LogP contribution in [0.15, 0.2) is 10.5 Å². The second kappa shape index (κ2) is 3.61. The first kappa shape index (κ1) is 8.38. The molecule has 0 aromatic carbocycles. The summed E-state index contributed by atoms with van der Waals surface area (Å²) in [5.41, 5.74) is 1.38. The SMILES string of the molecule is CCc1cc(CC)c(CC)o1. The third-order valence-electron chi connectivity index (χ3n) is 2.00. The second-order valence-electron chi connectivity index (χ2n) is 2.72. The average molecular weight is 152 g/mol. The maximum absolute atomic E-state index is 5.60. The Morgan fingerprint density at radius 3 is 2.18 bits per heavy atom. The lowest BCUT2D eigenvalue weighted by Gasteiger charge is -1.92.